The molecule has 1 aromatic carbocycles. The van der Waals surface area contributed by atoms with Gasteiger partial charge in [-0.15, -0.1) is 13.2 Å². The number of urea groups is 1. The van der Waals surface area contributed by atoms with Crippen LogP contribution < -0.4 is 10.1 Å². The van der Waals surface area contributed by atoms with E-state index in [2.05, 4.69) is 15.0 Å². The number of likely N-dealkylation sites (tertiary alicyclic amines) is 1. The van der Waals surface area contributed by atoms with Crippen LogP contribution in [0.5, 0.6) is 5.75 Å². The molecule has 0 bridgehead atoms. The van der Waals surface area contributed by atoms with Crippen molar-refractivity contribution < 1.29 is 27.4 Å². The molecule has 0 aromatic heterocycles. The fraction of sp³-hybridized carbons (Fsp3) is 0.588. The second-order valence-electron chi connectivity index (χ2n) is 6.37. The van der Waals surface area contributed by atoms with Gasteiger partial charge in [0.1, 0.15) is 5.75 Å². The van der Waals surface area contributed by atoms with Crippen LogP contribution in [0.4, 0.5) is 23.7 Å². The number of piperidine rings is 1. The standard InChI is InChI=1S/C17H22F3N3O3/c18-17(19,20)26-15-3-1-13(2-4-15)21-16(24)23-7-5-14(6-8-23)22-9-11-25-12-10-22/h1-4,14H,5-12H2,(H,21,24). The van der Waals surface area contributed by atoms with Crippen LogP contribution in [-0.2, 0) is 4.74 Å². The first-order valence-electron chi connectivity index (χ1n) is 8.64. The second-order valence-corrected chi connectivity index (χ2v) is 6.37. The van der Waals surface area contributed by atoms with Crippen LogP contribution in [-0.4, -0.2) is 67.6 Å². The summed E-state index contributed by atoms with van der Waals surface area (Å²) in [5, 5.41) is 2.71. The first kappa shape index (κ1) is 18.8. The van der Waals surface area contributed by atoms with Gasteiger partial charge in [-0.3, -0.25) is 4.90 Å². The Hall–Kier alpha value is -2.00. The number of anilines is 1. The molecule has 2 heterocycles. The van der Waals surface area contributed by atoms with E-state index in [0.717, 1.165) is 39.1 Å². The van der Waals surface area contributed by atoms with Crippen molar-refractivity contribution in [3.63, 3.8) is 0 Å². The van der Waals surface area contributed by atoms with Gasteiger partial charge in [-0.05, 0) is 37.1 Å². The van der Waals surface area contributed by atoms with Gasteiger partial charge in [0.05, 0.1) is 13.2 Å². The highest BCUT2D eigenvalue weighted by atomic mass is 19.4. The lowest BCUT2D eigenvalue weighted by molar-refractivity contribution is -0.274. The van der Waals surface area contributed by atoms with Crippen LogP contribution >= 0.6 is 0 Å². The van der Waals surface area contributed by atoms with Gasteiger partial charge >= 0.3 is 12.4 Å². The predicted molar refractivity (Wildman–Crippen MR) is 89.1 cm³/mol. The molecular weight excluding hydrogens is 351 g/mol. The average molecular weight is 373 g/mol. The van der Waals surface area contributed by atoms with Crippen molar-refractivity contribution in [2.24, 2.45) is 0 Å². The second kappa shape index (κ2) is 8.13. The lowest BCUT2D eigenvalue weighted by atomic mass is 10.0. The van der Waals surface area contributed by atoms with E-state index in [0.29, 0.717) is 24.8 Å². The van der Waals surface area contributed by atoms with E-state index in [9.17, 15) is 18.0 Å². The molecule has 0 saturated carbocycles. The van der Waals surface area contributed by atoms with E-state index in [1.807, 2.05) is 0 Å². The smallest absolute Gasteiger partial charge is 0.406 e. The number of halogens is 3. The highest BCUT2D eigenvalue weighted by Crippen LogP contribution is 2.24. The number of nitrogens with one attached hydrogen (secondary N) is 1. The fourth-order valence-corrected chi connectivity index (χ4v) is 3.32. The summed E-state index contributed by atoms with van der Waals surface area (Å²) in [7, 11) is 0. The van der Waals surface area contributed by atoms with Crippen molar-refractivity contribution in [1.82, 2.24) is 9.80 Å². The minimum absolute atomic E-state index is 0.241. The molecule has 1 aromatic rings. The number of alkyl halides is 3. The van der Waals surface area contributed by atoms with E-state index in [-0.39, 0.29) is 11.8 Å². The zero-order valence-electron chi connectivity index (χ0n) is 14.3. The molecule has 0 aliphatic carbocycles. The number of ether oxygens (including phenoxy) is 2. The highest BCUT2D eigenvalue weighted by Gasteiger charge is 2.31. The van der Waals surface area contributed by atoms with Crippen molar-refractivity contribution >= 4 is 11.7 Å². The number of benzene rings is 1. The van der Waals surface area contributed by atoms with Gasteiger partial charge in [-0.25, -0.2) is 4.79 Å². The van der Waals surface area contributed by atoms with Gasteiger partial charge in [0, 0.05) is 37.9 Å². The molecule has 6 nitrogen and oxygen atoms in total. The third-order valence-electron chi connectivity index (χ3n) is 4.65. The molecule has 26 heavy (non-hydrogen) atoms. The number of carbonyl (C=O) groups is 1. The van der Waals surface area contributed by atoms with E-state index in [1.54, 1.807) is 4.90 Å². The molecule has 2 amide bonds. The Morgan fingerprint density at radius 3 is 2.27 bits per heavy atom. The summed E-state index contributed by atoms with van der Waals surface area (Å²) in [5.41, 5.74) is 0.430. The number of carbonyl (C=O) groups excluding carboxylic acids is 1. The highest BCUT2D eigenvalue weighted by molar-refractivity contribution is 5.89. The van der Waals surface area contributed by atoms with Gasteiger partial charge in [0.2, 0.25) is 0 Å². The van der Waals surface area contributed by atoms with Crippen molar-refractivity contribution in [2.45, 2.75) is 25.2 Å². The van der Waals surface area contributed by atoms with E-state index >= 15 is 0 Å². The largest absolute Gasteiger partial charge is 0.573 e. The molecule has 2 fully saturated rings. The lowest BCUT2D eigenvalue weighted by Crippen LogP contribution is -2.50. The Morgan fingerprint density at radius 1 is 1.08 bits per heavy atom. The molecule has 2 aliphatic heterocycles. The molecule has 2 saturated heterocycles. The minimum Gasteiger partial charge on any atom is -0.406 e. The van der Waals surface area contributed by atoms with Crippen molar-refractivity contribution in [1.29, 1.82) is 0 Å². The molecule has 0 atom stereocenters. The third kappa shape index (κ3) is 5.25. The number of morpholine rings is 1. The summed E-state index contributed by atoms with van der Waals surface area (Å²) in [5.74, 6) is -0.318. The first-order valence-corrected chi connectivity index (χ1v) is 8.64. The maximum Gasteiger partial charge on any atom is 0.573 e. The number of hydrogen-bond acceptors (Lipinski definition) is 4. The normalized spacial score (nSPS) is 20.0. The molecule has 144 valence electrons. The zero-order chi connectivity index (χ0) is 18.6. The molecule has 2 aliphatic rings. The van der Waals surface area contributed by atoms with Crippen molar-refractivity contribution in [2.75, 3.05) is 44.7 Å². The van der Waals surface area contributed by atoms with Gasteiger partial charge in [-0.1, -0.05) is 0 Å². The summed E-state index contributed by atoms with van der Waals surface area (Å²) in [4.78, 5) is 16.5. The molecule has 1 N–H and O–H groups in total. The van der Waals surface area contributed by atoms with Gasteiger partial charge < -0.3 is 19.7 Å². The van der Waals surface area contributed by atoms with E-state index < -0.39 is 6.36 Å². The predicted octanol–water partition coefficient (Wildman–Crippen LogP) is 2.91. The molecule has 0 spiro atoms. The Bertz CT molecular complexity index is 596. The SMILES string of the molecule is O=C(Nc1ccc(OC(F)(F)F)cc1)N1CCC(N2CCOCC2)CC1. The Morgan fingerprint density at radius 2 is 1.69 bits per heavy atom. The van der Waals surface area contributed by atoms with Crippen LogP contribution in [0.3, 0.4) is 0 Å². The Labute approximate surface area is 149 Å². The number of hydrogen-bond donors (Lipinski definition) is 1. The van der Waals surface area contributed by atoms with Crippen LogP contribution in [0.25, 0.3) is 0 Å². The van der Waals surface area contributed by atoms with E-state index in [4.69, 9.17) is 4.74 Å². The topological polar surface area (TPSA) is 54.0 Å². The molecule has 9 heteroatoms. The van der Waals surface area contributed by atoms with Gasteiger partial charge in [0.25, 0.3) is 0 Å². The summed E-state index contributed by atoms with van der Waals surface area (Å²) in [6.07, 6.45) is -2.91. The minimum atomic E-state index is -4.73. The first-order chi connectivity index (χ1) is 12.4. The maximum absolute atomic E-state index is 12.3. The van der Waals surface area contributed by atoms with Crippen LogP contribution in [0.2, 0.25) is 0 Å². The summed E-state index contributed by atoms with van der Waals surface area (Å²) < 4.78 is 45.6. The molecule has 3 rings (SSSR count). The fourth-order valence-electron chi connectivity index (χ4n) is 3.32. The number of rotatable bonds is 3. The van der Waals surface area contributed by atoms with Crippen LogP contribution in [0, 0.1) is 0 Å². The van der Waals surface area contributed by atoms with Crippen LogP contribution in [0.15, 0.2) is 24.3 Å². The Kier molecular flexibility index (Phi) is 5.87. The summed E-state index contributed by atoms with van der Waals surface area (Å²) in [6.45, 7) is 4.70. The van der Waals surface area contributed by atoms with Crippen molar-refractivity contribution in [3.05, 3.63) is 24.3 Å². The van der Waals surface area contributed by atoms with Gasteiger partial charge in [-0.2, -0.15) is 0 Å². The van der Waals surface area contributed by atoms with Crippen molar-refractivity contribution in [3.8, 4) is 5.75 Å². The zero-order valence-corrected chi connectivity index (χ0v) is 14.3. The third-order valence-corrected chi connectivity index (χ3v) is 4.65. The average Bonchev–Trinajstić information content (AvgIpc) is 2.63. The van der Waals surface area contributed by atoms with Crippen LogP contribution in [0.1, 0.15) is 12.8 Å². The quantitative estimate of drug-likeness (QED) is 0.885. The van der Waals surface area contributed by atoms with Gasteiger partial charge in [0.15, 0.2) is 0 Å². The summed E-state index contributed by atoms with van der Waals surface area (Å²) >= 11 is 0. The monoisotopic (exact) mass is 373 g/mol. The molecule has 0 unspecified atom stereocenters. The molecular formula is C17H22F3N3O3. The Balaban J connectivity index is 1.46. The molecule has 0 radical (unpaired) electrons. The maximum atomic E-state index is 12.3. The number of amides is 2. The number of nitrogens with zero attached hydrogens (tertiary/aromatic N) is 2. The lowest BCUT2D eigenvalue weighted by Gasteiger charge is -2.40. The summed E-state index contributed by atoms with van der Waals surface area (Å²) in [6, 6.07) is 5.36. The van der Waals surface area contributed by atoms with E-state index in [1.165, 1.54) is 24.3 Å².